The molecule has 0 fully saturated rings. The van der Waals surface area contributed by atoms with Crippen molar-refractivity contribution in [3.63, 3.8) is 0 Å². The highest BCUT2D eigenvalue weighted by Gasteiger charge is 2.45. The number of rotatable bonds is 5. The molecule has 0 spiro atoms. The van der Waals surface area contributed by atoms with Gasteiger partial charge in [0.25, 0.3) is 0 Å². The number of hydrogen-bond donors (Lipinski definition) is 0. The number of carbonyl (C=O) groups is 1. The van der Waals surface area contributed by atoms with Crippen molar-refractivity contribution >= 4 is 20.0 Å². The van der Waals surface area contributed by atoms with Gasteiger partial charge in [-0.1, -0.05) is 39.0 Å². The predicted octanol–water partition coefficient (Wildman–Crippen LogP) is 5.22. The number of benzene rings is 1. The van der Waals surface area contributed by atoms with E-state index in [4.69, 9.17) is 18.4 Å². The van der Waals surface area contributed by atoms with E-state index < -0.39 is 20.3 Å². The number of carbonyl (C=O) groups excluding carboxylic acids is 1. The first-order chi connectivity index (χ1) is 13.7. The van der Waals surface area contributed by atoms with E-state index in [-0.39, 0.29) is 11.6 Å². The summed E-state index contributed by atoms with van der Waals surface area (Å²) in [5, 5.41) is 1.65. The maximum atomic E-state index is 12.9. The van der Waals surface area contributed by atoms with Crippen LogP contribution in [-0.2, 0) is 18.8 Å². The zero-order valence-corrected chi connectivity index (χ0v) is 18.9. The maximum absolute atomic E-state index is 12.9. The first-order valence-corrected chi connectivity index (χ1v) is 12.6. The van der Waals surface area contributed by atoms with Gasteiger partial charge in [0.05, 0.1) is 19.1 Å². The van der Waals surface area contributed by atoms with E-state index in [1.165, 1.54) is 7.11 Å². The molecule has 1 unspecified atom stereocenters. The van der Waals surface area contributed by atoms with Crippen LogP contribution in [0.1, 0.15) is 32.6 Å². The van der Waals surface area contributed by atoms with E-state index in [1.54, 1.807) is 17.4 Å². The molecule has 7 heteroatoms. The molecule has 29 heavy (non-hydrogen) atoms. The fraction of sp³-hybridized carbons (Fsp3) is 0.409. The minimum absolute atomic E-state index is 0.0298. The van der Waals surface area contributed by atoms with Crippen LogP contribution in [0.25, 0.3) is 0 Å². The van der Waals surface area contributed by atoms with Gasteiger partial charge in [-0.25, -0.2) is 9.86 Å². The summed E-state index contributed by atoms with van der Waals surface area (Å²) in [6, 6.07) is 12.6. The van der Waals surface area contributed by atoms with Crippen molar-refractivity contribution in [1.29, 1.82) is 0 Å². The Bertz CT molecular complexity index is 868. The highest BCUT2D eigenvalue weighted by molar-refractivity contribution is 6.74. The molecule has 0 amide bonds. The van der Waals surface area contributed by atoms with E-state index in [0.29, 0.717) is 17.1 Å². The molecule has 0 saturated heterocycles. The monoisotopic (exact) mass is 415 g/mol. The van der Waals surface area contributed by atoms with Crippen molar-refractivity contribution in [3.05, 3.63) is 65.8 Å². The Balaban J connectivity index is 2.14. The van der Waals surface area contributed by atoms with Gasteiger partial charge in [0, 0.05) is 0 Å². The SMILES string of the molecule is COC(=O)C1=C(O[Si](C)(C)C(C)(C)C)CON(c2ccccc2)C1c1ccco1. The molecule has 0 bridgehead atoms. The van der Waals surface area contributed by atoms with Crippen molar-refractivity contribution in [2.24, 2.45) is 0 Å². The number of nitrogens with zero attached hydrogens (tertiary/aromatic N) is 1. The number of esters is 1. The molecule has 1 aliphatic heterocycles. The first kappa shape index (κ1) is 21.2. The summed E-state index contributed by atoms with van der Waals surface area (Å²) in [5.74, 6) is 0.631. The van der Waals surface area contributed by atoms with Gasteiger partial charge in [-0.05, 0) is 42.4 Å². The minimum Gasteiger partial charge on any atom is -0.544 e. The van der Waals surface area contributed by atoms with Crippen LogP contribution in [0.15, 0.2) is 64.5 Å². The lowest BCUT2D eigenvalue weighted by molar-refractivity contribution is -0.137. The summed E-state index contributed by atoms with van der Waals surface area (Å²) >= 11 is 0. The number of anilines is 1. The summed E-state index contributed by atoms with van der Waals surface area (Å²) in [6.45, 7) is 10.9. The Labute approximate surface area is 173 Å². The van der Waals surface area contributed by atoms with Crippen LogP contribution in [0, 0.1) is 0 Å². The van der Waals surface area contributed by atoms with Crippen molar-refractivity contribution in [2.75, 3.05) is 18.8 Å². The summed E-state index contributed by atoms with van der Waals surface area (Å²) in [6.07, 6.45) is 1.58. The molecular formula is C22H29NO5Si. The third kappa shape index (κ3) is 4.25. The molecule has 0 saturated carbocycles. The summed E-state index contributed by atoms with van der Waals surface area (Å²) in [7, 11) is -0.827. The van der Waals surface area contributed by atoms with E-state index in [2.05, 4.69) is 33.9 Å². The Morgan fingerprint density at radius 3 is 2.38 bits per heavy atom. The van der Waals surface area contributed by atoms with Crippen LogP contribution in [0.5, 0.6) is 0 Å². The molecule has 0 N–H and O–H groups in total. The Hall–Kier alpha value is -2.51. The normalized spacial score (nSPS) is 18.0. The van der Waals surface area contributed by atoms with Gasteiger partial charge in [0.1, 0.15) is 29.7 Å². The summed E-state index contributed by atoms with van der Waals surface area (Å²) < 4.78 is 17.4. The topological polar surface area (TPSA) is 61.1 Å². The van der Waals surface area contributed by atoms with E-state index in [1.807, 2.05) is 36.4 Å². The molecule has 1 atom stereocenters. The van der Waals surface area contributed by atoms with Gasteiger partial charge in [0.15, 0.2) is 0 Å². The standard InChI is InChI=1S/C22H29NO5Si/c1-22(2,3)29(5,6)28-18-15-27-23(16-11-8-7-9-12-16)20(17-13-10-14-26-17)19(18)21(24)25-4/h7-14,20H,15H2,1-6H3. The number of methoxy groups -OCH3 is 1. The number of ether oxygens (including phenoxy) is 1. The lowest BCUT2D eigenvalue weighted by Crippen LogP contribution is -2.45. The maximum Gasteiger partial charge on any atom is 0.339 e. The second-order valence-corrected chi connectivity index (χ2v) is 13.3. The quantitative estimate of drug-likeness (QED) is 0.493. The average molecular weight is 416 g/mol. The van der Waals surface area contributed by atoms with Crippen LogP contribution >= 0.6 is 0 Å². The average Bonchev–Trinajstić information content (AvgIpc) is 3.21. The van der Waals surface area contributed by atoms with Crippen molar-refractivity contribution in [3.8, 4) is 0 Å². The number of furan rings is 1. The number of hydrogen-bond acceptors (Lipinski definition) is 6. The zero-order chi connectivity index (χ0) is 21.2. The lowest BCUT2D eigenvalue weighted by atomic mass is 10.0. The van der Waals surface area contributed by atoms with Crippen LogP contribution in [0.2, 0.25) is 18.1 Å². The van der Waals surface area contributed by atoms with Gasteiger partial charge in [-0.2, -0.15) is 0 Å². The third-order valence-corrected chi connectivity index (χ3v) is 9.93. The lowest BCUT2D eigenvalue weighted by Gasteiger charge is -2.42. The van der Waals surface area contributed by atoms with Gasteiger partial charge in [-0.15, -0.1) is 0 Å². The minimum atomic E-state index is -2.20. The second kappa shape index (κ2) is 8.08. The van der Waals surface area contributed by atoms with E-state index >= 15 is 0 Å². The molecule has 2 aromatic rings. The van der Waals surface area contributed by atoms with Crippen molar-refractivity contribution in [2.45, 2.75) is 44.9 Å². The molecular weight excluding hydrogens is 386 g/mol. The largest absolute Gasteiger partial charge is 0.544 e. The van der Waals surface area contributed by atoms with Crippen LogP contribution in [-0.4, -0.2) is 28.0 Å². The molecule has 0 aliphatic carbocycles. The fourth-order valence-electron chi connectivity index (χ4n) is 2.93. The fourth-order valence-corrected chi connectivity index (χ4v) is 4.03. The number of hydroxylamine groups is 1. The van der Waals surface area contributed by atoms with Crippen molar-refractivity contribution < 1.29 is 23.2 Å². The highest BCUT2D eigenvalue weighted by atomic mass is 28.4. The van der Waals surface area contributed by atoms with Gasteiger partial charge in [0.2, 0.25) is 8.32 Å². The Kier molecular flexibility index (Phi) is 5.91. The van der Waals surface area contributed by atoms with E-state index in [9.17, 15) is 4.79 Å². The highest BCUT2D eigenvalue weighted by Crippen LogP contribution is 2.43. The van der Waals surface area contributed by atoms with Crippen LogP contribution in [0.4, 0.5) is 5.69 Å². The Morgan fingerprint density at radius 2 is 1.83 bits per heavy atom. The first-order valence-electron chi connectivity index (χ1n) is 9.66. The Morgan fingerprint density at radius 1 is 1.14 bits per heavy atom. The molecule has 6 nitrogen and oxygen atoms in total. The summed E-state index contributed by atoms with van der Waals surface area (Å²) in [4.78, 5) is 19.0. The van der Waals surface area contributed by atoms with E-state index in [0.717, 1.165) is 5.69 Å². The molecule has 1 aromatic heterocycles. The molecule has 1 aliphatic rings. The summed E-state index contributed by atoms with van der Waals surface area (Å²) in [5.41, 5.74) is 1.21. The third-order valence-electron chi connectivity index (χ3n) is 5.56. The van der Waals surface area contributed by atoms with Gasteiger partial charge in [-0.3, -0.25) is 4.84 Å². The van der Waals surface area contributed by atoms with Crippen LogP contribution < -0.4 is 5.06 Å². The molecule has 1 aromatic carbocycles. The predicted molar refractivity (Wildman–Crippen MR) is 114 cm³/mol. The molecule has 3 rings (SSSR count). The zero-order valence-electron chi connectivity index (χ0n) is 17.9. The number of para-hydroxylation sites is 1. The smallest absolute Gasteiger partial charge is 0.339 e. The molecule has 0 radical (unpaired) electrons. The molecule has 2 heterocycles. The second-order valence-electron chi connectivity index (χ2n) is 8.54. The van der Waals surface area contributed by atoms with Gasteiger partial charge < -0.3 is 13.6 Å². The van der Waals surface area contributed by atoms with Crippen LogP contribution in [0.3, 0.4) is 0 Å². The van der Waals surface area contributed by atoms with Crippen molar-refractivity contribution in [1.82, 2.24) is 0 Å². The van der Waals surface area contributed by atoms with Gasteiger partial charge >= 0.3 is 5.97 Å². The molecule has 156 valence electrons.